The Bertz CT molecular complexity index is 1140. The molecule has 3 aromatic rings. The lowest BCUT2D eigenvalue weighted by molar-refractivity contribution is -0.139. The first-order chi connectivity index (χ1) is 15.0. The summed E-state index contributed by atoms with van der Waals surface area (Å²) in [4.78, 5) is 31.2. The van der Waals surface area contributed by atoms with Crippen LogP contribution in [0.25, 0.3) is 5.76 Å². The van der Waals surface area contributed by atoms with Gasteiger partial charge in [-0.25, -0.2) is 9.37 Å². The zero-order valence-electron chi connectivity index (χ0n) is 17.0. The number of carbonyl (C=O) groups is 2. The third-order valence-corrected chi connectivity index (χ3v) is 5.40. The molecule has 1 N–H and O–H groups in total. The SMILES string of the molecule is Cc1ccc(C(O)=C2C(=O)C(=O)N(CCCn3ccnc3)C2c2cccc(F)c2)cc1. The second kappa shape index (κ2) is 8.55. The summed E-state index contributed by atoms with van der Waals surface area (Å²) < 4.78 is 15.9. The molecule has 7 heteroatoms. The topological polar surface area (TPSA) is 75.4 Å². The molecule has 1 amide bonds. The molecule has 1 atom stereocenters. The lowest BCUT2D eigenvalue weighted by atomic mass is 9.95. The zero-order chi connectivity index (χ0) is 22.0. The summed E-state index contributed by atoms with van der Waals surface area (Å²) in [6.07, 6.45) is 5.73. The average Bonchev–Trinajstić information content (AvgIpc) is 3.36. The largest absolute Gasteiger partial charge is 0.507 e. The number of hydrogen-bond donors (Lipinski definition) is 1. The fourth-order valence-electron chi connectivity index (χ4n) is 3.84. The van der Waals surface area contributed by atoms with Gasteiger partial charge in [-0.15, -0.1) is 0 Å². The molecule has 0 bridgehead atoms. The highest BCUT2D eigenvalue weighted by molar-refractivity contribution is 6.46. The van der Waals surface area contributed by atoms with Crippen molar-refractivity contribution in [3.63, 3.8) is 0 Å². The first kappa shape index (κ1) is 20.5. The van der Waals surface area contributed by atoms with Crippen molar-refractivity contribution in [2.24, 2.45) is 0 Å². The third-order valence-electron chi connectivity index (χ3n) is 5.40. The van der Waals surface area contributed by atoms with E-state index in [4.69, 9.17) is 0 Å². The van der Waals surface area contributed by atoms with E-state index >= 15 is 0 Å². The van der Waals surface area contributed by atoms with Crippen LogP contribution in [0.5, 0.6) is 0 Å². The molecule has 1 saturated heterocycles. The number of Topliss-reactive ketones (excluding diaryl/α,β-unsaturated/α-hetero) is 1. The second-order valence-corrected chi connectivity index (χ2v) is 7.57. The lowest BCUT2D eigenvalue weighted by Crippen LogP contribution is -2.31. The number of likely N-dealkylation sites (tertiary alicyclic amines) is 1. The standard InChI is InChI=1S/C24H22FN3O3/c1-16-6-8-17(9-7-16)22(29)20-21(18-4-2-5-19(25)14-18)28(24(31)23(20)30)12-3-11-27-13-10-26-15-27/h2,4-10,13-15,21,29H,3,11-12H2,1H3. The van der Waals surface area contributed by atoms with Gasteiger partial charge in [-0.05, 0) is 31.0 Å². The van der Waals surface area contributed by atoms with Crippen molar-refractivity contribution < 1.29 is 19.1 Å². The van der Waals surface area contributed by atoms with Gasteiger partial charge in [-0.3, -0.25) is 9.59 Å². The van der Waals surface area contributed by atoms with Gasteiger partial charge < -0.3 is 14.6 Å². The Morgan fingerprint density at radius 2 is 1.90 bits per heavy atom. The number of halogens is 1. The second-order valence-electron chi connectivity index (χ2n) is 7.57. The molecule has 1 fully saturated rings. The number of aliphatic hydroxyl groups is 1. The van der Waals surface area contributed by atoms with Gasteiger partial charge in [0.15, 0.2) is 0 Å². The van der Waals surface area contributed by atoms with Crippen LogP contribution in [0.2, 0.25) is 0 Å². The number of nitrogens with zero attached hydrogens (tertiary/aromatic N) is 3. The third kappa shape index (κ3) is 4.12. The minimum Gasteiger partial charge on any atom is -0.507 e. The smallest absolute Gasteiger partial charge is 0.295 e. The number of imidazole rings is 1. The summed E-state index contributed by atoms with van der Waals surface area (Å²) >= 11 is 0. The Morgan fingerprint density at radius 3 is 2.58 bits per heavy atom. The number of benzene rings is 2. The highest BCUT2D eigenvalue weighted by Gasteiger charge is 2.45. The molecule has 158 valence electrons. The molecule has 6 nitrogen and oxygen atoms in total. The molecule has 0 aliphatic carbocycles. The van der Waals surface area contributed by atoms with Crippen molar-refractivity contribution in [3.8, 4) is 0 Å². The van der Waals surface area contributed by atoms with Gasteiger partial charge in [0.05, 0.1) is 17.9 Å². The predicted molar refractivity (Wildman–Crippen MR) is 113 cm³/mol. The first-order valence-corrected chi connectivity index (χ1v) is 10.0. The van der Waals surface area contributed by atoms with E-state index in [2.05, 4.69) is 4.98 Å². The summed E-state index contributed by atoms with van der Waals surface area (Å²) in [6.45, 7) is 2.79. The van der Waals surface area contributed by atoms with Crippen LogP contribution in [-0.4, -0.2) is 37.8 Å². The molecule has 1 aliphatic heterocycles. The van der Waals surface area contributed by atoms with Crippen LogP contribution in [0.4, 0.5) is 4.39 Å². The molecule has 1 aliphatic rings. The predicted octanol–water partition coefficient (Wildman–Crippen LogP) is 3.84. The monoisotopic (exact) mass is 419 g/mol. The molecule has 2 aromatic carbocycles. The highest BCUT2D eigenvalue weighted by Crippen LogP contribution is 2.39. The van der Waals surface area contributed by atoms with Gasteiger partial charge in [0, 0.05) is 31.0 Å². The maximum atomic E-state index is 14.0. The lowest BCUT2D eigenvalue weighted by Gasteiger charge is -2.25. The zero-order valence-corrected chi connectivity index (χ0v) is 17.0. The molecule has 0 spiro atoms. The van der Waals surface area contributed by atoms with Gasteiger partial charge >= 0.3 is 0 Å². The van der Waals surface area contributed by atoms with E-state index in [0.717, 1.165) is 5.56 Å². The number of aryl methyl sites for hydroxylation is 2. The van der Waals surface area contributed by atoms with Crippen molar-refractivity contribution >= 4 is 17.4 Å². The highest BCUT2D eigenvalue weighted by atomic mass is 19.1. The summed E-state index contributed by atoms with van der Waals surface area (Å²) in [7, 11) is 0. The van der Waals surface area contributed by atoms with Gasteiger partial charge in [0.1, 0.15) is 11.6 Å². The van der Waals surface area contributed by atoms with Crippen LogP contribution in [0.1, 0.15) is 29.2 Å². The average molecular weight is 419 g/mol. The summed E-state index contributed by atoms with van der Waals surface area (Å²) in [5, 5.41) is 11.0. The maximum Gasteiger partial charge on any atom is 0.295 e. The van der Waals surface area contributed by atoms with Crippen LogP contribution in [-0.2, 0) is 16.1 Å². The van der Waals surface area contributed by atoms with Gasteiger partial charge in [0.2, 0.25) is 0 Å². The Kier molecular flexibility index (Phi) is 5.66. The number of rotatable bonds is 6. The molecule has 0 radical (unpaired) electrons. The fourth-order valence-corrected chi connectivity index (χ4v) is 3.84. The van der Waals surface area contributed by atoms with Gasteiger partial charge in [-0.2, -0.15) is 0 Å². The van der Waals surface area contributed by atoms with E-state index in [9.17, 15) is 19.1 Å². The van der Waals surface area contributed by atoms with Crippen molar-refractivity contribution in [1.29, 1.82) is 0 Å². The minimum absolute atomic E-state index is 0.0258. The molecule has 1 unspecified atom stereocenters. The number of carbonyl (C=O) groups excluding carboxylic acids is 2. The van der Waals surface area contributed by atoms with Crippen molar-refractivity contribution in [2.75, 3.05) is 6.54 Å². The number of hydrogen-bond acceptors (Lipinski definition) is 4. The van der Waals surface area contributed by atoms with E-state index in [0.29, 0.717) is 24.1 Å². The minimum atomic E-state index is -0.861. The number of aliphatic hydroxyl groups excluding tert-OH is 1. The van der Waals surface area contributed by atoms with Gasteiger partial charge in [0.25, 0.3) is 11.7 Å². The van der Waals surface area contributed by atoms with Crippen LogP contribution < -0.4 is 0 Å². The molecule has 31 heavy (non-hydrogen) atoms. The van der Waals surface area contributed by atoms with Crippen molar-refractivity contribution in [3.05, 3.63) is 95.3 Å². The first-order valence-electron chi connectivity index (χ1n) is 10.0. The Labute approximate surface area is 179 Å². The molecule has 2 heterocycles. The number of aromatic nitrogens is 2. The Morgan fingerprint density at radius 1 is 1.13 bits per heavy atom. The van der Waals surface area contributed by atoms with E-state index in [1.165, 1.54) is 23.1 Å². The van der Waals surface area contributed by atoms with Crippen LogP contribution in [0, 0.1) is 12.7 Å². The van der Waals surface area contributed by atoms with Crippen molar-refractivity contribution in [1.82, 2.24) is 14.5 Å². The van der Waals surface area contributed by atoms with Crippen LogP contribution in [0.3, 0.4) is 0 Å². The number of ketones is 1. The molecule has 0 saturated carbocycles. The van der Waals surface area contributed by atoms with Gasteiger partial charge in [-0.1, -0.05) is 42.0 Å². The van der Waals surface area contributed by atoms with Crippen molar-refractivity contribution in [2.45, 2.75) is 25.9 Å². The molecule has 4 rings (SSSR count). The molecule has 1 aromatic heterocycles. The molecular formula is C24H22FN3O3. The quantitative estimate of drug-likeness (QED) is 0.374. The van der Waals surface area contributed by atoms with E-state index in [-0.39, 0.29) is 17.9 Å². The van der Waals surface area contributed by atoms with Crippen LogP contribution >= 0.6 is 0 Å². The van der Waals surface area contributed by atoms with E-state index in [1.807, 2.05) is 29.8 Å². The molecular weight excluding hydrogens is 397 g/mol. The van der Waals surface area contributed by atoms with E-state index < -0.39 is 23.5 Å². The summed E-state index contributed by atoms with van der Waals surface area (Å²) in [5.41, 5.74) is 1.85. The maximum absolute atomic E-state index is 14.0. The summed E-state index contributed by atoms with van der Waals surface area (Å²) in [6, 6.07) is 11.9. The van der Waals surface area contributed by atoms with E-state index in [1.54, 1.807) is 30.7 Å². The Balaban J connectivity index is 1.73. The fraction of sp³-hybridized carbons (Fsp3) is 0.208. The number of amides is 1. The van der Waals surface area contributed by atoms with Crippen LogP contribution in [0.15, 0.2) is 72.8 Å². The Hall–Kier alpha value is -3.74. The normalized spacial score (nSPS) is 18.0. The summed E-state index contributed by atoms with van der Waals surface area (Å²) in [5.74, 6) is -2.20.